The first-order chi connectivity index (χ1) is 19.6. The minimum absolute atomic E-state index is 0.0792. The largest absolute Gasteiger partial charge is 0.381 e. The summed E-state index contributed by atoms with van der Waals surface area (Å²) in [6.45, 7) is 7.47. The molecular weight excluding hydrogens is 498 g/mol. The van der Waals surface area contributed by atoms with E-state index in [-0.39, 0.29) is 11.8 Å². The van der Waals surface area contributed by atoms with Crippen LogP contribution in [0.3, 0.4) is 0 Å². The Balaban J connectivity index is 1.35. The van der Waals surface area contributed by atoms with Crippen LogP contribution in [0.25, 0.3) is 0 Å². The first-order valence-electron chi connectivity index (χ1n) is 15.6. The van der Waals surface area contributed by atoms with Gasteiger partial charge in [0.25, 0.3) is 5.91 Å². The molecule has 3 aliphatic heterocycles. The van der Waals surface area contributed by atoms with Crippen molar-refractivity contribution < 1.29 is 14.3 Å². The van der Waals surface area contributed by atoms with Crippen molar-refractivity contribution in [2.75, 3.05) is 44.3 Å². The molecule has 0 N–H and O–H groups in total. The Bertz CT molecular complexity index is 1110. The fraction of sp³-hybridized carbons (Fsp3) is 0.588. The van der Waals surface area contributed by atoms with Gasteiger partial charge in [-0.05, 0) is 86.7 Å². The van der Waals surface area contributed by atoms with E-state index in [1.165, 1.54) is 24.8 Å². The lowest BCUT2D eigenvalue weighted by Crippen LogP contribution is -2.41. The summed E-state index contributed by atoms with van der Waals surface area (Å²) >= 11 is 0. The second-order valence-electron chi connectivity index (χ2n) is 12.0. The molecular formula is C34H47N3O3. The number of benzene rings is 2. The third-order valence-electron chi connectivity index (χ3n) is 9.17. The van der Waals surface area contributed by atoms with E-state index in [1.807, 2.05) is 21.9 Å². The maximum atomic E-state index is 13.7. The van der Waals surface area contributed by atoms with Gasteiger partial charge in [0.05, 0.1) is 0 Å². The number of fused-ring (bicyclic) bond motifs is 1. The van der Waals surface area contributed by atoms with Gasteiger partial charge in [-0.25, -0.2) is 0 Å². The predicted molar refractivity (Wildman–Crippen MR) is 161 cm³/mol. The fourth-order valence-corrected chi connectivity index (χ4v) is 6.80. The summed E-state index contributed by atoms with van der Waals surface area (Å²) in [5.74, 6) is 0.828. The lowest BCUT2D eigenvalue weighted by Gasteiger charge is -2.36. The summed E-state index contributed by atoms with van der Waals surface area (Å²) < 4.78 is 5.67. The molecule has 0 spiro atoms. The standard InChI is InChI=1S/C34H47N3O3/c1-27(38)37-19-9-4-2-3-8-18-36(32-16-22-40-23-17-32)26-31-25-30(12-13-33(31)37)34(39)35-20-14-29(15-21-35)24-28-10-6-5-7-11-28/h5-7,10-13,25,29,32H,2-4,8-9,14-24,26H2,1H3. The predicted octanol–water partition coefficient (Wildman–Crippen LogP) is 6.08. The van der Waals surface area contributed by atoms with Crippen molar-refractivity contribution in [1.82, 2.24) is 9.80 Å². The van der Waals surface area contributed by atoms with Crippen LogP contribution in [0.1, 0.15) is 86.2 Å². The number of carbonyl (C=O) groups excluding carboxylic acids is 2. The van der Waals surface area contributed by atoms with Crippen LogP contribution in [-0.2, 0) is 22.5 Å². The highest BCUT2D eigenvalue weighted by Gasteiger charge is 2.27. The Morgan fingerprint density at radius 2 is 1.52 bits per heavy atom. The lowest BCUT2D eigenvalue weighted by atomic mass is 9.90. The molecule has 0 radical (unpaired) electrons. The number of nitrogens with zero attached hydrogens (tertiary/aromatic N) is 3. The van der Waals surface area contributed by atoms with Gasteiger partial charge in [-0.15, -0.1) is 0 Å². The smallest absolute Gasteiger partial charge is 0.253 e. The topological polar surface area (TPSA) is 53.1 Å². The van der Waals surface area contributed by atoms with E-state index in [2.05, 4.69) is 41.3 Å². The van der Waals surface area contributed by atoms with Crippen LogP contribution in [0.2, 0.25) is 0 Å². The average Bonchev–Trinajstić information content (AvgIpc) is 2.98. The van der Waals surface area contributed by atoms with E-state index in [0.717, 1.165) is 108 Å². The highest BCUT2D eigenvalue weighted by atomic mass is 16.5. The van der Waals surface area contributed by atoms with Crippen molar-refractivity contribution in [3.63, 3.8) is 0 Å². The molecule has 2 amide bonds. The Morgan fingerprint density at radius 3 is 2.25 bits per heavy atom. The van der Waals surface area contributed by atoms with E-state index in [1.54, 1.807) is 6.92 Å². The maximum absolute atomic E-state index is 13.7. The van der Waals surface area contributed by atoms with E-state index in [0.29, 0.717) is 12.0 Å². The van der Waals surface area contributed by atoms with Gasteiger partial charge in [0.2, 0.25) is 5.91 Å². The highest BCUT2D eigenvalue weighted by Crippen LogP contribution is 2.30. The Hall–Kier alpha value is -2.70. The lowest BCUT2D eigenvalue weighted by molar-refractivity contribution is -0.116. The van der Waals surface area contributed by atoms with Gasteiger partial charge in [-0.3, -0.25) is 14.5 Å². The SMILES string of the molecule is CC(=O)N1CCCCCCCN(C2CCOCC2)Cc2cc(C(=O)N3CCC(Cc4ccccc4)CC3)ccc21. The average molecular weight is 546 g/mol. The van der Waals surface area contributed by atoms with Crippen molar-refractivity contribution in [2.24, 2.45) is 5.92 Å². The van der Waals surface area contributed by atoms with Crippen LogP contribution in [0, 0.1) is 5.92 Å². The first-order valence-corrected chi connectivity index (χ1v) is 15.6. The van der Waals surface area contributed by atoms with Gasteiger partial charge < -0.3 is 14.5 Å². The molecule has 0 aliphatic carbocycles. The molecule has 6 nitrogen and oxygen atoms in total. The molecule has 2 aromatic rings. The number of ether oxygens (including phenoxy) is 1. The minimum Gasteiger partial charge on any atom is -0.381 e. The maximum Gasteiger partial charge on any atom is 0.253 e. The second-order valence-corrected chi connectivity index (χ2v) is 12.0. The molecule has 6 heteroatoms. The summed E-state index contributed by atoms with van der Waals surface area (Å²) in [6.07, 6.45) is 11.1. The molecule has 0 saturated carbocycles. The molecule has 3 aliphatic rings. The van der Waals surface area contributed by atoms with Crippen molar-refractivity contribution in [3.05, 3.63) is 65.2 Å². The van der Waals surface area contributed by atoms with Gasteiger partial charge in [0, 0.05) is 63.6 Å². The van der Waals surface area contributed by atoms with Crippen LogP contribution in [-0.4, -0.2) is 67.0 Å². The summed E-state index contributed by atoms with van der Waals surface area (Å²) in [5.41, 5.74) is 4.22. The minimum atomic E-state index is 0.0792. The van der Waals surface area contributed by atoms with Crippen LogP contribution in [0.5, 0.6) is 0 Å². The normalized spacial score (nSPS) is 20.8. The van der Waals surface area contributed by atoms with Crippen LogP contribution in [0.15, 0.2) is 48.5 Å². The molecule has 5 rings (SSSR count). The van der Waals surface area contributed by atoms with E-state index < -0.39 is 0 Å². The Labute approximate surface area is 240 Å². The number of piperidine rings is 1. The molecule has 3 heterocycles. The number of hydrogen-bond acceptors (Lipinski definition) is 4. The van der Waals surface area contributed by atoms with E-state index in [4.69, 9.17) is 4.74 Å². The number of rotatable bonds is 4. The van der Waals surface area contributed by atoms with Crippen molar-refractivity contribution in [2.45, 2.75) is 83.7 Å². The zero-order valence-electron chi connectivity index (χ0n) is 24.4. The van der Waals surface area contributed by atoms with E-state index >= 15 is 0 Å². The number of hydrogen-bond donors (Lipinski definition) is 0. The second kappa shape index (κ2) is 14.3. The third kappa shape index (κ3) is 7.52. The Kier molecular flexibility index (Phi) is 10.3. The van der Waals surface area contributed by atoms with Crippen molar-refractivity contribution in [3.8, 4) is 0 Å². The monoisotopic (exact) mass is 545 g/mol. The Morgan fingerprint density at radius 1 is 0.825 bits per heavy atom. The number of likely N-dealkylation sites (tertiary alicyclic amines) is 1. The van der Waals surface area contributed by atoms with Gasteiger partial charge in [0.15, 0.2) is 0 Å². The number of amides is 2. The quantitative estimate of drug-likeness (QED) is 0.467. The summed E-state index contributed by atoms with van der Waals surface area (Å²) in [6, 6.07) is 17.3. The van der Waals surface area contributed by atoms with Gasteiger partial charge in [0.1, 0.15) is 0 Å². The van der Waals surface area contributed by atoms with Gasteiger partial charge in [-0.2, -0.15) is 0 Å². The summed E-state index contributed by atoms with van der Waals surface area (Å²) in [4.78, 5) is 33.1. The number of carbonyl (C=O) groups is 2. The first kappa shape index (κ1) is 28.8. The molecule has 0 unspecified atom stereocenters. The molecule has 216 valence electrons. The van der Waals surface area contributed by atoms with Crippen LogP contribution >= 0.6 is 0 Å². The van der Waals surface area contributed by atoms with E-state index in [9.17, 15) is 9.59 Å². The summed E-state index contributed by atoms with van der Waals surface area (Å²) in [7, 11) is 0. The molecule has 2 fully saturated rings. The molecule has 40 heavy (non-hydrogen) atoms. The summed E-state index contributed by atoms with van der Waals surface area (Å²) in [5, 5.41) is 0. The third-order valence-corrected chi connectivity index (χ3v) is 9.17. The molecule has 2 aromatic carbocycles. The molecule has 0 bridgehead atoms. The van der Waals surface area contributed by atoms with Crippen LogP contribution < -0.4 is 4.90 Å². The zero-order chi connectivity index (χ0) is 27.7. The van der Waals surface area contributed by atoms with Crippen LogP contribution in [0.4, 0.5) is 5.69 Å². The zero-order valence-corrected chi connectivity index (χ0v) is 24.4. The molecule has 0 aromatic heterocycles. The van der Waals surface area contributed by atoms with Crippen molar-refractivity contribution >= 4 is 17.5 Å². The molecule has 2 saturated heterocycles. The fourth-order valence-electron chi connectivity index (χ4n) is 6.80. The number of anilines is 1. The van der Waals surface area contributed by atoms with Crippen molar-refractivity contribution in [1.29, 1.82) is 0 Å². The highest BCUT2D eigenvalue weighted by molar-refractivity contribution is 5.97. The van der Waals surface area contributed by atoms with Gasteiger partial charge in [-0.1, -0.05) is 49.6 Å². The van der Waals surface area contributed by atoms with Gasteiger partial charge >= 0.3 is 0 Å². The molecule has 0 atom stereocenters.